The van der Waals surface area contributed by atoms with Gasteiger partial charge in [-0.05, 0) is 0 Å². The van der Waals surface area contributed by atoms with Crippen LogP contribution in [0.2, 0.25) is 0 Å². The van der Waals surface area contributed by atoms with E-state index in [9.17, 15) is 33.4 Å². The van der Waals surface area contributed by atoms with E-state index in [2.05, 4.69) is 0 Å². The Kier molecular flexibility index (Phi) is 4.92. The summed E-state index contributed by atoms with van der Waals surface area (Å²) in [7, 11) is 0. The number of halogens is 3. The van der Waals surface area contributed by atoms with Crippen molar-refractivity contribution in [1.29, 1.82) is 0 Å². The van der Waals surface area contributed by atoms with Gasteiger partial charge in [0.25, 0.3) is 5.70 Å². The Bertz CT molecular complexity index is 542. The fourth-order valence-electron chi connectivity index (χ4n) is 2.46. The molecule has 11 heteroatoms. The topological polar surface area (TPSA) is 116 Å². The maximum atomic E-state index is 13.0. The molecule has 1 aliphatic rings. The van der Waals surface area contributed by atoms with Gasteiger partial charge in [-0.3, -0.25) is 20.2 Å². The molecule has 0 aromatic carbocycles. The predicted molar refractivity (Wildman–Crippen MR) is 69.8 cm³/mol. The maximum absolute atomic E-state index is 13.0. The Labute approximate surface area is 123 Å². The Balaban J connectivity index is 3.68. The average molecular weight is 324 g/mol. The molecule has 22 heavy (non-hydrogen) atoms. The van der Waals surface area contributed by atoms with E-state index in [0.717, 1.165) is 4.90 Å². The summed E-state index contributed by atoms with van der Waals surface area (Å²) in [6.45, 7) is 2.98. The molecule has 124 valence electrons. The summed E-state index contributed by atoms with van der Waals surface area (Å²) < 4.78 is 38.9. The molecule has 0 saturated carbocycles. The van der Waals surface area contributed by atoms with Crippen LogP contribution in [0.3, 0.4) is 0 Å². The van der Waals surface area contributed by atoms with Gasteiger partial charge in [0.2, 0.25) is 0 Å². The summed E-state index contributed by atoms with van der Waals surface area (Å²) in [6, 6.07) is -1.83. The fourth-order valence-corrected chi connectivity index (χ4v) is 2.46. The number of hydrogen-bond acceptors (Lipinski definition) is 6. The molecule has 0 aliphatic heterocycles. The standard InChI is InChI=1S/C11H15F3N4O4/c1-3-16(4-2)10(18(21)22)6-7(11(12,13)14)5-8(9(10)15)17(19)20/h5-6,9H,3-4,15H2,1-2H3. The first kappa shape index (κ1) is 18.0. The molecule has 1 rings (SSSR count). The molecule has 0 spiro atoms. The zero-order valence-corrected chi connectivity index (χ0v) is 11.8. The third kappa shape index (κ3) is 2.81. The SMILES string of the molecule is CCN(CC)C1([N+](=O)[O-])C=C(C(F)(F)F)C=C([N+](=O)[O-])C1N. The average Bonchev–Trinajstić information content (AvgIpc) is 2.39. The summed E-state index contributed by atoms with van der Waals surface area (Å²) in [5.41, 5.74) is 0.593. The van der Waals surface area contributed by atoms with Crippen LogP contribution in [0.15, 0.2) is 23.4 Å². The minimum absolute atomic E-state index is 0.00217. The van der Waals surface area contributed by atoms with Gasteiger partial charge in [0, 0.05) is 30.2 Å². The minimum Gasteiger partial charge on any atom is -0.311 e. The van der Waals surface area contributed by atoms with Crippen LogP contribution in [0, 0.1) is 20.2 Å². The van der Waals surface area contributed by atoms with Crippen molar-refractivity contribution in [2.24, 2.45) is 5.73 Å². The summed E-state index contributed by atoms with van der Waals surface area (Å²) in [4.78, 5) is 21.4. The summed E-state index contributed by atoms with van der Waals surface area (Å²) in [5.74, 6) is 0. The van der Waals surface area contributed by atoms with Crippen molar-refractivity contribution < 1.29 is 23.0 Å². The normalized spacial score (nSPS) is 25.7. The Morgan fingerprint density at radius 1 is 1.32 bits per heavy atom. The molecule has 0 aromatic rings. The molecule has 2 unspecified atom stereocenters. The number of nitrogens with zero attached hydrogens (tertiary/aromatic N) is 3. The van der Waals surface area contributed by atoms with Gasteiger partial charge in [-0.2, -0.15) is 13.2 Å². The van der Waals surface area contributed by atoms with Crippen LogP contribution in [-0.2, 0) is 0 Å². The van der Waals surface area contributed by atoms with Gasteiger partial charge in [0.1, 0.15) is 0 Å². The maximum Gasteiger partial charge on any atom is 0.416 e. The molecule has 0 radical (unpaired) electrons. The van der Waals surface area contributed by atoms with Gasteiger partial charge in [0.15, 0.2) is 6.04 Å². The monoisotopic (exact) mass is 324 g/mol. The minimum atomic E-state index is -4.96. The van der Waals surface area contributed by atoms with Gasteiger partial charge in [-0.25, -0.2) is 4.90 Å². The largest absolute Gasteiger partial charge is 0.416 e. The summed E-state index contributed by atoms with van der Waals surface area (Å²) in [5, 5.41) is 22.5. The lowest BCUT2D eigenvalue weighted by atomic mass is 9.87. The van der Waals surface area contributed by atoms with Gasteiger partial charge in [-0.15, -0.1) is 0 Å². The van der Waals surface area contributed by atoms with Crippen molar-refractivity contribution in [3.63, 3.8) is 0 Å². The van der Waals surface area contributed by atoms with E-state index in [1.807, 2.05) is 0 Å². The Morgan fingerprint density at radius 3 is 2.14 bits per heavy atom. The Morgan fingerprint density at radius 2 is 1.82 bits per heavy atom. The van der Waals surface area contributed by atoms with Crippen LogP contribution in [0.1, 0.15) is 13.8 Å². The molecule has 2 atom stereocenters. The number of alkyl halides is 3. The highest BCUT2D eigenvalue weighted by molar-refractivity contribution is 5.37. The molecular formula is C11H15F3N4O4. The van der Waals surface area contributed by atoms with E-state index in [1.165, 1.54) is 13.8 Å². The number of likely N-dealkylation sites (N-methyl/N-ethyl adjacent to an activating group) is 1. The molecule has 2 N–H and O–H groups in total. The first-order valence-corrected chi connectivity index (χ1v) is 6.33. The van der Waals surface area contributed by atoms with Crippen molar-refractivity contribution in [1.82, 2.24) is 4.90 Å². The molecular weight excluding hydrogens is 309 g/mol. The predicted octanol–water partition coefficient (Wildman–Crippen LogP) is 1.29. The molecule has 0 bridgehead atoms. The molecule has 0 amide bonds. The van der Waals surface area contributed by atoms with Gasteiger partial charge >= 0.3 is 11.8 Å². The zero-order chi connectivity index (χ0) is 17.3. The second-order valence-corrected chi connectivity index (χ2v) is 4.61. The van der Waals surface area contributed by atoms with Crippen LogP contribution in [0.25, 0.3) is 0 Å². The number of nitro groups is 2. The van der Waals surface area contributed by atoms with E-state index in [4.69, 9.17) is 5.73 Å². The van der Waals surface area contributed by atoms with Crippen molar-refractivity contribution in [2.75, 3.05) is 13.1 Å². The fraction of sp³-hybridized carbons (Fsp3) is 0.636. The van der Waals surface area contributed by atoms with E-state index in [0.29, 0.717) is 6.08 Å². The lowest BCUT2D eigenvalue weighted by Crippen LogP contribution is -2.66. The number of allylic oxidation sites excluding steroid dienone is 2. The van der Waals surface area contributed by atoms with E-state index >= 15 is 0 Å². The highest BCUT2D eigenvalue weighted by atomic mass is 19.4. The van der Waals surface area contributed by atoms with Crippen LogP contribution in [0.4, 0.5) is 13.2 Å². The van der Waals surface area contributed by atoms with E-state index in [1.54, 1.807) is 0 Å². The summed E-state index contributed by atoms with van der Waals surface area (Å²) >= 11 is 0. The first-order valence-electron chi connectivity index (χ1n) is 6.33. The highest BCUT2D eigenvalue weighted by Crippen LogP contribution is 2.38. The molecule has 1 aliphatic carbocycles. The number of hydrogen-bond donors (Lipinski definition) is 1. The quantitative estimate of drug-likeness (QED) is 0.463. The van der Waals surface area contributed by atoms with Crippen LogP contribution >= 0.6 is 0 Å². The van der Waals surface area contributed by atoms with Gasteiger partial charge in [0.05, 0.1) is 10.5 Å². The molecule has 0 heterocycles. The highest BCUT2D eigenvalue weighted by Gasteiger charge is 2.60. The van der Waals surface area contributed by atoms with E-state index in [-0.39, 0.29) is 19.2 Å². The van der Waals surface area contributed by atoms with Crippen LogP contribution in [-0.4, -0.2) is 45.7 Å². The first-order chi connectivity index (χ1) is 10.0. The van der Waals surface area contributed by atoms with E-state index < -0.39 is 39.0 Å². The molecule has 0 saturated heterocycles. The van der Waals surface area contributed by atoms with Crippen molar-refractivity contribution >= 4 is 0 Å². The van der Waals surface area contributed by atoms with Crippen molar-refractivity contribution in [2.45, 2.75) is 31.7 Å². The lowest BCUT2D eigenvalue weighted by molar-refractivity contribution is -0.594. The molecule has 8 nitrogen and oxygen atoms in total. The van der Waals surface area contributed by atoms with Crippen molar-refractivity contribution in [3.8, 4) is 0 Å². The third-order valence-electron chi connectivity index (χ3n) is 3.55. The Hall–Kier alpha value is -2.01. The lowest BCUT2D eigenvalue weighted by Gasteiger charge is -2.37. The molecule has 0 fully saturated rings. The number of nitrogens with two attached hydrogens (primary N) is 1. The second-order valence-electron chi connectivity index (χ2n) is 4.61. The molecule has 0 aromatic heterocycles. The second kappa shape index (κ2) is 6.01. The van der Waals surface area contributed by atoms with Crippen LogP contribution in [0.5, 0.6) is 0 Å². The summed E-state index contributed by atoms with van der Waals surface area (Å²) in [6.07, 6.45) is -4.36. The smallest absolute Gasteiger partial charge is 0.311 e. The van der Waals surface area contributed by atoms with Crippen molar-refractivity contribution in [3.05, 3.63) is 43.7 Å². The van der Waals surface area contributed by atoms with Gasteiger partial charge in [-0.1, -0.05) is 13.8 Å². The number of rotatable bonds is 5. The zero-order valence-electron chi connectivity index (χ0n) is 11.8. The van der Waals surface area contributed by atoms with Crippen LogP contribution < -0.4 is 5.73 Å². The third-order valence-corrected chi connectivity index (χ3v) is 3.55. The van der Waals surface area contributed by atoms with Gasteiger partial charge < -0.3 is 5.73 Å².